The number of hydrogen-bond acceptors (Lipinski definition) is 4. The fourth-order valence-corrected chi connectivity index (χ4v) is 2.57. The van der Waals surface area contributed by atoms with Crippen molar-refractivity contribution in [1.29, 1.82) is 0 Å². The van der Waals surface area contributed by atoms with Crippen molar-refractivity contribution in [1.82, 2.24) is 5.32 Å². The van der Waals surface area contributed by atoms with Crippen LogP contribution in [0, 0.1) is 5.82 Å². The van der Waals surface area contributed by atoms with Crippen molar-refractivity contribution in [3.05, 3.63) is 53.8 Å². The van der Waals surface area contributed by atoms with Gasteiger partial charge in [0.2, 0.25) is 5.91 Å². The predicted octanol–water partition coefficient (Wildman–Crippen LogP) is 4.29. The molecule has 2 aromatic rings. The number of amides is 1. The maximum Gasteiger partial charge on any atom is 0.422 e. The number of carbonyl (C=O) groups is 1. The lowest BCUT2D eigenvalue weighted by molar-refractivity contribution is -0.153. The fraction of sp³-hybridized carbons (Fsp3) is 0.381. The minimum absolute atomic E-state index is 0.0260. The number of para-hydroxylation sites is 1. The summed E-state index contributed by atoms with van der Waals surface area (Å²) in [4.78, 5) is 12.1. The highest BCUT2D eigenvalue weighted by atomic mass is 19.4. The van der Waals surface area contributed by atoms with Gasteiger partial charge in [-0.3, -0.25) is 4.79 Å². The van der Waals surface area contributed by atoms with Gasteiger partial charge in [0.15, 0.2) is 29.7 Å². The van der Waals surface area contributed by atoms with Gasteiger partial charge >= 0.3 is 6.18 Å². The van der Waals surface area contributed by atoms with Gasteiger partial charge < -0.3 is 19.5 Å². The van der Waals surface area contributed by atoms with Crippen LogP contribution in [0.4, 0.5) is 17.6 Å². The minimum atomic E-state index is -4.45. The lowest BCUT2D eigenvalue weighted by Crippen LogP contribution is -2.36. The zero-order valence-electron chi connectivity index (χ0n) is 16.6. The maximum atomic E-state index is 13.5. The number of aryl methyl sites for hydroxylation is 1. The molecule has 2 aromatic carbocycles. The van der Waals surface area contributed by atoms with Crippen molar-refractivity contribution in [2.45, 2.75) is 32.0 Å². The van der Waals surface area contributed by atoms with Crippen LogP contribution in [0.1, 0.15) is 18.9 Å². The SMILES string of the molecule is COc1cc(CCC(=O)NC(C)COc2ccccc2F)ccc1OCC(F)(F)F. The summed E-state index contributed by atoms with van der Waals surface area (Å²) >= 11 is 0. The molecule has 5 nitrogen and oxygen atoms in total. The largest absolute Gasteiger partial charge is 0.493 e. The van der Waals surface area contributed by atoms with E-state index in [4.69, 9.17) is 14.2 Å². The molecule has 2 rings (SSSR count). The Kier molecular flexibility index (Phi) is 8.32. The van der Waals surface area contributed by atoms with Crippen molar-refractivity contribution in [3.63, 3.8) is 0 Å². The second-order valence-corrected chi connectivity index (χ2v) is 6.60. The van der Waals surface area contributed by atoms with Gasteiger partial charge in [-0.1, -0.05) is 18.2 Å². The number of halogens is 4. The van der Waals surface area contributed by atoms with Crippen molar-refractivity contribution in [2.75, 3.05) is 20.3 Å². The smallest absolute Gasteiger partial charge is 0.422 e. The molecule has 0 saturated carbocycles. The first kappa shape index (κ1) is 23.3. The summed E-state index contributed by atoms with van der Waals surface area (Å²) in [7, 11) is 1.32. The minimum Gasteiger partial charge on any atom is -0.493 e. The zero-order chi connectivity index (χ0) is 22.1. The van der Waals surface area contributed by atoms with E-state index in [1.165, 1.54) is 31.4 Å². The number of ether oxygens (including phenoxy) is 3. The van der Waals surface area contributed by atoms with Gasteiger partial charge in [-0.05, 0) is 43.2 Å². The summed E-state index contributed by atoms with van der Waals surface area (Å²) in [6.45, 7) is 0.415. The topological polar surface area (TPSA) is 56.8 Å². The first-order chi connectivity index (χ1) is 14.2. The lowest BCUT2D eigenvalue weighted by atomic mass is 10.1. The highest BCUT2D eigenvalue weighted by Gasteiger charge is 2.29. The van der Waals surface area contributed by atoms with Gasteiger partial charge in [0.25, 0.3) is 0 Å². The van der Waals surface area contributed by atoms with Crippen LogP contribution in [0.5, 0.6) is 17.2 Å². The molecule has 0 aliphatic carbocycles. The van der Waals surface area contributed by atoms with E-state index >= 15 is 0 Å². The number of alkyl halides is 3. The van der Waals surface area contributed by atoms with Gasteiger partial charge in [-0.25, -0.2) is 4.39 Å². The number of methoxy groups -OCH3 is 1. The molecule has 0 aromatic heterocycles. The van der Waals surface area contributed by atoms with E-state index in [0.29, 0.717) is 12.0 Å². The molecule has 0 saturated heterocycles. The van der Waals surface area contributed by atoms with Gasteiger partial charge in [0.05, 0.1) is 13.2 Å². The molecule has 0 aliphatic heterocycles. The monoisotopic (exact) mass is 429 g/mol. The molecule has 164 valence electrons. The van der Waals surface area contributed by atoms with Crippen LogP contribution in [0.2, 0.25) is 0 Å². The van der Waals surface area contributed by atoms with Crippen molar-refractivity contribution >= 4 is 5.91 Å². The van der Waals surface area contributed by atoms with Gasteiger partial charge in [0.1, 0.15) is 6.61 Å². The standard InChI is InChI=1S/C21H23F4NO4/c1-14(12-29-17-6-4-3-5-16(17)22)26-20(27)10-8-15-7-9-18(19(11-15)28-2)30-13-21(23,24)25/h3-7,9,11,14H,8,10,12-13H2,1-2H3,(H,26,27). The number of rotatable bonds is 10. The molecule has 9 heteroatoms. The second kappa shape index (κ2) is 10.7. The molecule has 1 unspecified atom stereocenters. The molecule has 0 heterocycles. The fourth-order valence-electron chi connectivity index (χ4n) is 2.57. The summed E-state index contributed by atoms with van der Waals surface area (Å²) in [5, 5.41) is 2.75. The molecular weight excluding hydrogens is 406 g/mol. The van der Waals surface area contributed by atoms with E-state index in [9.17, 15) is 22.4 Å². The van der Waals surface area contributed by atoms with Crippen LogP contribution in [-0.4, -0.2) is 38.4 Å². The van der Waals surface area contributed by atoms with Gasteiger partial charge in [0, 0.05) is 6.42 Å². The number of benzene rings is 2. The molecule has 1 N–H and O–H groups in total. The average Bonchev–Trinajstić information content (AvgIpc) is 2.69. The Bertz CT molecular complexity index is 842. The Labute approximate surface area is 171 Å². The number of nitrogens with one attached hydrogen (secondary N) is 1. The van der Waals surface area contributed by atoms with Crippen LogP contribution >= 0.6 is 0 Å². The van der Waals surface area contributed by atoms with Gasteiger partial charge in [-0.15, -0.1) is 0 Å². The van der Waals surface area contributed by atoms with Crippen LogP contribution in [0.25, 0.3) is 0 Å². The van der Waals surface area contributed by atoms with E-state index in [-0.39, 0.29) is 42.2 Å². The van der Waals surface area contributed by atoms with E-state index < -0.39 is 18.6 Å². The van der Waals surface area contributed by atoms with E-state index in [2.05, 4.69) is 5.32 Å². The number of hydrogen-bond donors (Lipinski definition) is 1. The third-order valence-corrected chi connectivity index (χ3v) is 3.99. The van der Waals surface area contributed by atoms with Gasteiger partial charge in [-0.2, -0.15) is 13.2 Å². The Morgan fingerprint density at radius 3 is 2.47 bits per heavy atom. The van der Waals surface area contributed by atoms with E-state index in [1.807, 2.05) is 0 Å². The number of carbonyl (C=O) groups excluding carboxylic acids is 1. The van der Waals surface area contributed by atoms with Crippen LogP contribution < -0.4 is 19.5 Å². The molecule has 0 radical (unpaired) electrons. The molecule has 1 amide bonds. The van der Waals surface area contributed by atoms with Crippen molar-refractivity contribution < 1.29 is 36.6 Å². The molecule has 1 atom stereocenters. The average molecular weight is 429 g/mol. The Morgan fingerprint density at radius 2 is 1.80 bits per heavy atom. The third kappa shape index (κ3) is 7.81. The first-order valence-corrected chi connectivity index (χ1v) is 9.21. The van der Waals surface area contributed by atoms with Crippen LogP contribution in [-0.2, 0) is 11.2 Å². The first-order valence-electron chi connectivity index (χ1n) is 9.21. The highest BCUT2D eigenvalue weighted by molar-refractivity contribution is 5.76. The second-order valence-electron chi connectivity index (χ2n) is 6.60. The van der Waals surface area contributed by atoms with Crippen molar-refractivity contribution in [2.24, 2.45) is 0 Å². The molecule has 0 fully saturated rings. The molecular formula is C21H23F4NO4. The molecule has 0 aliphatic rings. The summed E-state index contributed by atoms with van der Waals surface area (Å²) < 4.78 is 65.6. The van der Waals surface area contributed by atoms with E-state index in [1.54, 1.807) is 25.1 Å². The Hall–Kier alpha value is -2.97. The highest BCUT2D eigenvalue weighted by Crippen LogP contribution is 2.30. The summed E-state index contributed by atoms with van der Waals surface area (Å²) in [5.74, 6) is -0.479. The molecule has 0 bridgehead atoms. The Morgan fingerprint density at radius 1 is 1.07 bits per heavy atom. The van der Waals surface area contributed by atoms with Crippen LogP contribution in [0.15, 0.2) is 42.5 Å². The lowest BCUT2D eigenvalue weighted by Gasteiger charge is -2.16. The maximum absolute atomic E-state index is 13.5. The summed E-state index contributed by atoms with van der Waals surface area (Å²) in [6, 6.07) is 10.1. The van der Waals surface area contributed by atoms with Crippen molar-refractivity contribution in [3.8, 4) is 17.2 Å². The predicted molar refractivity (Wildman–Crippen MR) is 102 cm³/mol. The summed E-state index contributed by atoms with van der Waals surface area (Å²) in [6.07, 6.45) is -3.95. The van der Waals surface area contributed by atoms with E-state index in [0.717, 1.165) is 0 Å². The van der Waals surface area contributed by atoms with Crippen LogP contribution in [0.3, 0.4) is 0 Å². The molecule has 0 spiro atoms. The quantitative estimate of drug-likeness (QED) is 0.573. The normalized spacial score (nSPS) is 12.2. The third-order valence-electron chi connectivity index (χ3n) is 3.99. The zero-order valence-corrected chi connectivity index (χ0v) is 16.6. The molecule has 30 heavy (non-hydrogen) atoms. The summed E-state index contributed by atoms with van der Waals surface area (Å²) in [5.41, 5.74) is 0.705. The Balaban J connectivity index is 1.81.